The van der Waals surface area contributed by atoms with Crippen molar-refractivity contribution in [2.45, 2.75) is 50.9 Å². The molecule has 1 aromatic rings. The molecule has 2 aliphatic heterocycles. The predicted molar refractivity (Wildman–Crippen MR) is 97.5 cm³/mol. The Labute approximate surface area is 153 Å². The van der Waals surface area contributed by atoms with Gasteiger partial charge in [-0.25, -0.2) is 4.79 Å². The number of phenols is 1. The lowest BCUT2D eigenvalue weighted by atomic mass is 9.69. The van der Waals surface area contributed by atoms with Gasteiger partial charge >= 0.3 is 6.09 Å². The molecule has 0 unspecified atom stereocenters. The molecule has 1 aromatic carbocycles. The van der Waals surface area contributed by atoms with Gasteiger partial charge < -0.3 is 24.8 Å². The highest BCUT2D eigenvalue weighted by Crippen LogP contribution is 2.55. The first-order chi connectivity index (χ1) is 12.6. The van der Waals surface area contributed by atoms with E-state index in [1.54, 1.807) is 11.0 Å². The normalized spacial score (nSPS) is 28.5. The molecule has 6 nitrogen and oxygen atoms in total. The van der Waals surface area contributed by atoms with Crippen molar-refractivity contribution in [3.8, 4) is 11.5 Å². The van der Waals surface area contributed by atoms with E-state index in [2.05, 4.69) is 11.4 Å². The molecule has 2 heterocycles. The molecular weight excluding hydrogens is 332 g/mol. The minimum absolute atomic E-state index is 0.135. The lowest BCUT2D eigenvalue weighted by molar-refractivity contribution is 0.0441. The number of phenolic OH excluding ortho intramolecular Hbond substituents is 1. The van der Waals surface area contributed by atoms with Crippen LogP contribution in [0.2, 0.25) is 0 Å². The van der Waals surface area contributed by atoms with Gasteiger partial charge in [0.1, 0.15) is 12.2 Å². The summed E-state index contributed by atoms with van der Waals surface area (Å²) < 4.78 is 11.9. The van der Waals surface area contributed by atoms with Gasteiger partial charge in [-0.05, 0) is 44.5 Å². The summed E-state index contributed by atoms with van der Waals surface area (Å²) in [7, 11) is 0. The Morgan fingerprint density at radius 1 is 1.42 bits per heavy atom. The quantitative estimate of drug-likeness (QED) is 0.813. The zero-order chi connectivity index (χ0) is 18.3. The molecule has 0 bridgehead atoms. The minimum atomic E-state index is -0.310. The maximum Gasteiger partial charge on any atom is 0.410 e. The number of aromatic hydroxyl groups is 1. The molecule has 1 aliphatic carbocycles. The average molecular weight is 358 g/mol. The number of benzene rings is 1. The summed E-state index contributed by atoms with van der Waals surface area (Å²) in [5.74, 6) is 0.779. The fraction of sp³-hybridized carbons (Fsp3) is 0.550. The lowest BCUT2D eigenvalue weighted by Gasteiger charge is -2.37. The van der Waals surface area contributed by atoms with E-state index in [9.17, 15) is 9.90 Å². The number of carbonyl (C=O) groups excluding carboxylic acids is 1. The number of carbonyl (C=O) groups is 1. The maximum atomic E-state index is 12.3. The number of hydrogen-bond donors (Lipinski definition) is 2. The molecule has 140 valence electrons. The number of amides is 1. The van der Waals surface area contributed by atoms with Gasteiger partial charge in [-0.1, -0.05) is 12.1 Å². The first-order valence-corrected chi connectivity index (χ1v) is 9.46. The van der Waals surface area contributed by atoms with Crippen LogP contribution < -0.4 is 10.1 Å². The van der Waals surface area contributed by atoms with Crippen LogP contribution in [0.15, 0.2) is 24.3 Å². The third-order valence-corrected chi connectivity index (χ3v) is 5.88. The Balaban J connectivity index is 1.64. The summed E-state index contributed by atoms with van der Waals surface area (Å²) in [6.07, 6.45) is 4.89. The van der Waals surface area contributed by atoms with Crippen LogP contribution in [0.1, 0.15) is 37.8 Å². The summed E-state index contributed by atoms with van der Waals surface area (Å²) >= 11 is 0. The van der Waals surface area contributed by atoms with Crippen LogP contribution in [0.4, 0.5) is 4.79 Å². The van der Waals surface area contributed by atoms with Gasteiger partial charge in [0.05, 0.1) is 5.41 Å². The molecule has 0 aromatic heterocycles. The van der Waals surface area contributed by atoms with E-state index in [4.69, 9.17) is 9.47 Å². The molecule has 0 radical (unpaired) electrons. The van der Waals surface area contributed by atoms with Crippen LogP contribution >= 0.6 is 0 Å². The second kappa shape index (κ2) is 6.50. The molecule has 4 rings (SSSR count). The van der Waals surface area contributed by atoms with Gasteiger partial charge in [-0.15, -0.1) is 0 Å². The van der Waals surface area contributed by atoms with Crippen molar-refractivity contribution in [3.05, 3.63) is 35.4 Å². The van der Waals surface area contributed by atoms with Crippen molar-refractivity contribution in [1.82, 2.24) is 10.2 Å². The highest BCUT2D eigenvalue weighted by molar-refractivity contribution is 5.68. The first-order valence-electron chi connectivity index (χ1n) is 9.46. The number of nitrogens with one attached hydrogen (secondary N) is 1. The topological polar surface area (TPSA) is 71.0 Å². The zero-order valence-corrected chi connectivity index (χ0v) is 15.3. The zero-order valence-electron chi connectivity index (χ0n) is 15.3. The van der Waals surface area contributed by atoms with E-state index >= 15 is 0 Å². The fourth-order valence-electron chi connectivity index (χ4n) is 4.48. The molecule has 2 N–H and O–H groups in total. The Hall–Kier alpha value is -2.21. The van der Waals surface area contributed by atoms with E-state index in [1.807, 2.05) is 26.0 Å². The lowest BCUT2D eigenvalue weighted by Crippen LogP contribution is -2.44. The Morgan fingerprint density at radius 3 is 3.00 bits per heavy atom. The molecule has 3 atom stereocenters. The smallest absolute Gasteiger partial charge is 0.410 e. The number of rotatable bonds is 3. The van der Waals surface area contributed by atoms with Gasteiger partial charge in [-0.3, -0.25) is 0 Å². The van der Waals surface area contributed by atoms with Gasteiger partial charge in [-0.2, -0.15) is 0 Å². The molecule has 0 saturated carbocycles. The largest absolute Gasteiger partial charge is 0.504 e. The molecule has 6 heteroatoms. The average Bonchev–Trinajstić information content (AvgIpc) is 2.86. The van der Waals surface area contributed by atoms with Crippen LogP contribution in [0.5, 0.6) is 11.5 Å². The molecule has 1 spiro atoms. The van der Waals surface area contributed by atoms with Crippen LogP contribution in [-0.4, -0.2) is 47.9 Å². The first kappa shape index (κ1) is 17.2. The highest BCUT2D eigenvalue weighted by atomic mass is 16.6. The summed E-state index contributed by atoms with van der Waals surface area (Å²) in [5, 5.41) is 13.8. The summed E-state index contributed by atoms with van der Waals surface area (Å²) in [5.41, 5.74) is 2.00. The minimum Gasteiger partial charge on any atom is -0.504 e. The predicted octanol–water partition coefficient (Wildman–Crippen LogP) is 2.69. The molecular formula is C20H26N2O4. The van der Waals surface area contributed by atoms with E-state index < -0.39 is 0 Å². The van der Waals surface area contributed by atoms with E-state index in [1.165, 1.54) is 5.56 Å². The molecule has 26 heavy (non-hydrogen) atoms. The second-order valence-electron chi connectivity index (χ2n) is 7.21. The molecule has 1 amide bonds. The van der Waals surface area contributed by atoms with Gasteiger partial charge in [0.25, 0.3) is 0 Å². The number of nitrogens with zero attached hydrogens (tertiary/aromatic N) is 1. The van der Waals surface area contributed by atoms with Crippen molar-refractivity contribution in [2.75, 3.05) is 19.6 Å². The number of hydrogen-bond acceptors (Lipinski definition) is 5. The Bertz CT molecular complexity index is 744. The Kier molecular flexibility index (Phi) is 4.31. The van der Waals surface area contributed by atoms with Crippen molar-refractivity contribution in [2.24, 2.45) is 0 Å². The van der Waals surface area contributed by atoms with E-state index in [-0.39, 0.29) is 29.5 Å². The van der Waals surface area contributed by atoms with Gasteiger partial charge in [0.2, 0.25) is 0 Å². The molecule has 0 fully saturated rings. The second-order valence-corrected chi connectivity index (χ2v) is 7.21. The standard InChI is InChI=1S/C20H26N2O4/c1-3-22(4-2)19(24)25-14-7-8-20-9-10-21-12-13-5-6-15(23)18(17(13)20)26-16(20)11-14/h5-8,14,16,21,23H,3-4,9-12H2,1-2H3/t14-,16-,20-/m0/s1. The van der Waals surface area contributed by atoms with Crippen molar-refractivity contribution >= 4 is 6.09 Å². The fourth-order valence-corrected chi connectivity index (χ4v) is 4.48. The Morgan fingerprint density at radius 2 is 2.23 bits per heavy atom. The van der Waals surface area contributed by atoms with Crippen LogP contribution in [0, 0.1) is 0 Å². The maximum absolute atomic E-state index is 12.3. The van der Waals surface area contributed by atoms with Crippen LogP contribution in [0.3, 0.4) is 0 Å². The third kappa shape index (κ3) is 2.55. The highest BCUT2D eigenvalue weighted by Gasteiger charge is 2.52. The summed E-state index contributed by atoms with van der Waals surface area (Å²) in [6, 6.07) is 3.67. The molecule has 0 saturated heterocycles. The van der Waals surface area contributed by atoms with Gasteiger partial charge in [0, 0.05) is 31.6 Å². The monoisotopic (exact) mass is 358 g/mol. The van der Waals surface area contributed by atoms with E-state index in [0.717, 1.165) is 25.1 Å². The van der Waals surface area contributed by atoms with Gasteiger partial charge in [0.15, 0.2) is 11.5 Å². The van der Waals surface area contributed by atoms with E-state index in [0.29, 0.717) is 25.3 Å². The van der Waals surface area contributed by atoms with Crippen molar-refractivity contribution in [3.63, 3.8) is 0 Å². The third-order valence-electron chi connectivity index (χ3n) is 5.88. The number of ether oxygens (including phenoxy) is 2. The summed E-state index contributed by atoms with van der Waals surface area (Å²) in [6.45, 7) is 6.79. The van der Waals surface area contributed by atoms with Crippen molar-refractivity contribution in [1.29, 1.82) is 0 Å². The molecule has 3 aliphatic rings. The van der Waals surface area contributed by atoms with Crippen LogP contribution in [-0.2, 0) is 16.7 Å². The SMILES string of the molecule is CCN(CC)C(=O)O[C@H]1C=C[C@@]23CCNCc4ccc(O)c(c42)O[C@H]3C1. The van der Waals surface area contributed by atoms with Crippen molar-refractivity contribution < 1.29 is 19.4 Å². The summed E-state index contributed by atoms with van der Waals surface area (Å²) in [4.78, 5) is 14.0. The van der Waals surface area contributed by atoms with Crippen LogP contribution in [0.25, 0.3) is 0 Å².